The molecule has 0 spiro atoms. The molecule has 21 heavy (non-hydrogen) atoms. The Morgan fingerprint density at radius 1 is 1.05 bits per heavy atom. The molecule has 4 heteroatoms. The molecule has 0 atom stereocenters. The molecule has 1 heterocycles. The lowest BCUT2D eigenvalue weighted by atomic mass is 9.94. The van der Waals surface area contributed by atoms with E-state index in [4.69, 9.17) is 0 Å². The summed E-state index contributed by atoms with van der Waals surface area (Å²) in [5, 5.41) is 0. The Morgan fingerprint density at radius 3 is 2.19 bits per heavy atom. The first-order chi connectivity index (χ1) is 10.2. The van der Waals surface area contributed by atoms with E-state index in [0.29, 0.717) is 18.4 Å². The van der Waals surface area contributed by atoms with Crippen LogP contribution in [0.25, 0.3) is 0 Å². The predicted octanol–water partition coefficient (Wildman–Crippen LogP) is 2.82. The molecule has 1 aliphatic carbocycles. The third-order valence-corrected chi connectivity index (χ3v) is 5.05. The van der Waals surface area contributed by atoms with Gasteiger partial charge < -0.3 is 9.80 Å². The van der Waals surface area contributed by atoms with Gasteiger partial charge in [-0.25, -0.2) is 0 Å². The van der Waals surface area contributed by atoms with Gasteiger partial charge in [0.05, 0.1) is 0 Å². The first kappa shape index (κ1) is 16.3. The summed E-state index contributed by atoms with van der Waals surface area (Å²) in [6.07, 6.45) is 8.11. The molecule has 0 bridgehead atoms. The summed E-state index contributed by atoms with van der Waals surface area (Å²) in [6, 6.07) is 0.474. The Labute approximate surface area is 128 Å². The summed E-state index contributed by atoms with van der Waals surface area (Å²) in [5.41, 5.74) is 0. The molecule has 2 fully saturated rings. The highest BCUT2D eigenvalue weighted by Crippen LogP contribution is 2.27. The van der Waals surface area contributed by atoms with Gasteiger partial charge >= 0.3 is 0 Å². The van der Waals surface area contributed by atoms with Gasteiger partial charge in [-0.1, -0.05) is 19.8 Å². The number of amides is 2. The van der Waals surface area contributed by atoms with E-state index >= 15 is 0 Å². The lowest BCUT2D eigenvalue weighted by Crippen LogP contribution is -2.47. The summed E-state index contributed by atoms with van der Waals surface area (Å²) in [7, 11) is 0. The van der Waals surface area contributed by atoms with Crippen molar-refractivity contribution in [1.82, 2.24) is 9.80 Å². The molecule has 2 rings (SSSR count). The molecule has 0 aromatic carbocycles. The summed E-state index contributed by atoms with van der Waals surface area (Å²) in [4.78, 5) is 28.7. The Balaban J connectivity index is 1.85. The van der Waals surface area contributed by atoms with Crippen LogP contribution in [0.2, 0.25) is 0 Å². The maximum atomic E-state index is 12.7. The maximum Gasteiger partial charge on any atom is 0.226 e. The molecule has 120 valence electrons. The minimum atomic E-state index is 0.135. The van der Waals surface area contributed by atoms with Crippen molar-refractivity contribution in [2.75, 3.05) is 19.6 Å². The number of carbonyl (C=O) groups excluding carboxylic acids is 2. The topological polar surface area (TPSA) is 40.6 Å². The minimum absolute atomic E-state index is 0.135. The molecule has 0 aromatic heterocycles. The zero-order valence-corrected chi connectivity index (χ0v) is 13.6. The smallest absolute Gasteiger partial charge is 0.226 e. The fourth-order valence-corrected chi connectivity index (χ4v) is 3.79. The largest absolute Gasteiger partial charge is 0.343 e. The average molecular weight is 294 g/mol. The molecular formula is C17H30N2O2. The van der Waals surface area contributed by atoms with Crippen LogP contribution in [0, 0.1) is 5.92 Å². The van der Waals surface area contributed by atoms with Gasteiger partial charge in [-0.15, -0.1) is 0 Å². The van der Waals surface area contributed by atoms with Crippen LogP contribution in [0.3, 0.4) is 0 Å². The van der Waals surface area contributed by atoms with E-state index in [0.717, 1.165) is 38.9 Å². The van der Waals surface area contributed by atoms with Crippen molar-refractivity contribution in [2.24, 2.45) is 5.92 Å². The highest BCUT2D eigenvalue weighted by molar-refractivity contribution is 5.80. The number of carbonyl (C=O) groups is 2. The van der Waals surface area contributed by atoms with Crippen molar-refractivity contribution < 1.29 is 9.59 Å². The van der Waals surface area contributed by atoms with Gasteiger partial charge in [0, 0.05) is 38.0 Å². The van der Waals surface area contributed by atoms with Gasteiger partial charge in [0.25, 0.3) is 0 Å². The standard InChI is InChI=1S/C17H30N2O2/c1-3-7-16(20)18-12-10-14(11-13-18)17(21)19(4-2)15-8-5-6-9-15/h14-15H,3-13H2,1-2H3. The predicted molar refractivity (Wildman–Crippen MR) is 83.9 cm³/mol. The Bertz CT molecular complexity index is 356. The first-order valence-electron chi connectivity index (χ1n) is 8.75. The highest BCUT2D eigenvalue weighted by atomic mass is 16.2. The number of likely N-dealkylation sites (tertiary alicyclic amines) is 1. The van der Waals surface area contributed by atoms with Gasteiger partial charge in [-0.05, 0) is 39.0 Å². The van der Waals surface area contributed by atoms with Crippen molar-refractivity contribution in [3.05, 3.63) is 0 Å². The van der Waals surface area contributed by atoms with Crippen LogP contribution in [0.15, 0.2) is 0 Å². The monoisotopic (exact) mass is 294 g/mol. The number of rotatable bonds is 5. The summed E-state index contributed by atoms with van der Waals surface area (Å²) in [5.74, 6) is 0.731. The molecular weight excluding hydrogens is 264 g/mol. The van der Waals surface area contributed by atoms with Gasteiger partial charge in [0.1, 0.15) is 0 Å². The van der Waals surface area contributed by atoms with Gasteiger partial charge in [-0.2, -0.15) is 0 Å². The third kappa shape index (κ3) is 3.98. The zero-order valence-electron chi connectivity index (χ0n) is 13.6. The van der Waals surface area contributed by atoms with Gasteiger partial charge in [0.2, 0.25) is 11.8 Å². The lowest BCUT2D eigenvalue weighted by molar-refractivity contribution is -0.142. The molecule has 1 saturated heterocycles. The first-order valence-corrected chi connectivity index (χ1v) is 8.75. The van der Waals surface area contributed by atoms with Crippen molar-refractivity contribution in [1.29, 1.82) is 0 Å². The molecule has 2 aliphatic rings. The van der Waals surface area contributed by atoms with Crippen LogP contribution in [0.1, 0.15) is 65.2 Å². The second-order valence-electron chi connectivity index (χ2n) is 6.47. The third-order valence-electron chi connectivity index (χ3n) is 5.05. The quantitative estimate of drug-likeness (QED) is 0.782. The molecule has 0 N–H and O–H groups in total. The fraction of sp³-hybridized carbons (Fsp3) is 0.882. The van der Waals surface area contributed by atoms with Crippen LogP contribution >= 0.6 is 0 Å². The van der Waals surface area contributed by atoms with Crippen LogP contribution in [0.5, 0.6) is 0 Å². The molecule has 1 aliphatic heterocycles. The van der Waals surface area contributed by atoms with Crippen LogP contribution < -0.4 is 0 Å². The number of hydrogen-bond acceptors (Lipinski definition) is 2. The number of nitrogens with zero attached hydrogens (tertiary/aromatic N) is 2. The van der Waals surface area contributed by atoms with Crippen molar-refractivity contribution in [2.45, 2.75) is 71.3 Å². The average Bonchev–Trinajstić information content (AvgIpc) is 3.02. The molecule has 1 saturated carbocycles. The van der Waals surface area contributed by atoms with E-state index in [1.54, 1.807) is 0 Å². The van der Waals surface area contributed by atoms with E-state index in [-0.39, 0.29) is 11.8 Å². The SMILES string of the molecule is CCCC(=O)N1CCC(C(=O)N(CC)C2CCCC2)CC1. The summed E-state index contributed by atoms with van der Waals surface area (Å²) < 4.78 is 0. The molecule has 0 unspecified atom stereocenters. The Hall–Kier alpha value is -1.06. The number of piperidine rings is 1. The highest BCUT2D eigenvalue weighted by Gasteiger charge is 2.33. The molecule has 2 amide bonds. The second kappa shape index (κ2) is 7.81. The molecule has 0 aromatic rings. The second-order valence-corrected chi connectivity index (χ2v) is 6.47. The van der Waals surface area contributed by atoms with E-state index in [2.05, 4.69) is 11.8 Å². The van der Waals surface area contributed by atoms with Crippen LogP contribution in [0.4, 0.5) is 0 Å². The lowest BCUT2D eigenvalue weighted by Gasteiger charge is -2.36. The normalized spacial score (nSPS) is 20.8. The van der Waals surface area contributed by atoms with E-state index in [1.807, 2.05) is 11.8 Å². The van der Waals surface area contributed by atoms with Gasteiger partial charge in [0.15, 0.2) is 0 Å². The van der Waals surface area contributed by atoms with Crippen LogP contribution in [-0.2, 0) is 9.59 Å². The van der Waals surface area contributed by atoms with Crippen molar-refractivity contribution in [3.63, 3.8) is 0 Å². The Kier molecular flexibility index (Phi) is 6.07. The molecule has 4 nitrogen and oxygen atoms in total. The molecule has 0 radical (unpaired) electrons. The van der Waals surface area contributed by atoms with E-state index in [1.165, 1.54) is 25.7 Å². The van der Waals surface area contributed by atoms with E-state index < -0.39 is 0 Å². The van der Waals surface area contributed by atoms with Gasteiger partial charge in [-0.3, -0.25) is 9.59 Å². The summed E-state index contributed by atoms with van der Waals surface area (Å²) >= 11 is 0. The number of hydrogen-bond donors (Lipinski definition) is 0. The van der Waals surface area contributed by atoms with E-state index in [9.17, 15) is 9.59 Å². The van der Waals surface area contributed by atoms with Crippen LogP contribution in [-0.4, -0.2) is 47.3 Å². The van der Waals surface area contributed by atoms with Crippen molar-refractivity contribution >= 4 is 11.8 Å². The maximum absolute atomic E-state index is 12.7. The fourth-order valence-electron chi connectivity index (χ4n) is 3.79. The zero-order chi connectivity index (χ0) is 15.2. The van der Waals surface area contributed by atoms with Crippen molar-refractivity contribution in [3.8, 4) is 0 Å². The Morgan fingerprint density at radius 2 is 1.67 bits per heavy atom. The summed E-state index contributed by atoms with van der Waals surface area (Å²) in [6.45, 7) is 6.48. The minimum Gasteiger partial charge on any atom is -0.343 e.